The van der Waals surface area contributed by atoms with Crippen molar-refractivity contribution in [2.24, 2.45) is 11.8 Å². The first-order valence-electron chi connectivity index (χ1n) is 14.0. The lowest BCUT2D eigenvalue weighted by Crippen LogP contribution is -2.50. The summed E-state index contributed by atoms with van der Waals surface area (Å²) in [5, 5.41) is 9.90. The molecule has 2 heterocycles. The van der Waals surface area contributed by atoms with Gasteiger partial charge < -0.3 is 24.4 Å². The highest BCUT2D eigenvalue weighted by Crippen LogP contribution is 2.37. The second-order valence-electron chi connectivity index (χ2n) is 11.3. The van der Waals surface area contributed by atoms with E-state index in [1.165, 1.54) is 15.3 Å². The molecule has 0 unspecified atom stereocenters. The molecule has 1 fully saturated rings. The summed E-state index contributed by atoms with van der Waals surface area (Å²) in [5.41, 5.74) is 2.06. The van der Waals surface area contributed by atoms with E-state index in [2.05, 4.69) is 0 Å². The summed E-state index contributed by atoms with van der Waals surface area (Å²) < 4.78 is 40.8. The Hall–Kier alpha value is -2.99. The Morgan fingerprint density at radius 1 is 1.05 bits per heavy atom. The van der Waals surface area contributed by atoms with Crippen molar-refractivity contribution < 1.29 is 32.6 Å². The molecule has 224 valence electrons. The first-order valence-corrected chi connectivity index (χ1v) is 15.5. The fourth-order valence-electron chi connectivity index (χ4n) is 5.30. The molecule has 2 aromatic rings. The van der Waals surface area contributed by atoms with Crippen molar-refractivity contribution in [2.45, 2.75) is 43.7 Å². The maximum atomic E-state index is 13.8. The van der Waals surface area contributed by atoms with Gasteiger partial charge in [-0.2, -0.15) is 4.31 Å². The van der Waals surface area contributed by atoms with Crippen molar-refractivity contribution in [1.82, 2.24) is 14.1 Å². The van der Waals surface area contributed by atoms with E-state index in [1.54, 1.807) is 57.2 Å². The minimum atomic E-state index is -3.99. The average molecular weight is 588 g/mol. The molecule has 2 aliphatic rings. The second-order valence-corrected chi connectivity index (χ2v) is 13.1. The van der Waals surface area contributed by atoms with Gasteiger partial charge in [0.1, 0.15) is 16.7 Å². The van der Waals surface area contributed by atoms with Crippen molar-refractivity contribution in [2.75, 3.05) is 54.1 Å². The topological polar surface area (TPSA) is 117 Å². The number of fused-ring (bicyclic) bond motifs is 1. The molecule has 11 heteroatoms. The molecule has 0 bridgehead atoms. The minimum Gasteiger partial charge on any atom is -0.487 e. The van der Waals surface area contributed by atoms with Crippen molar-refractivity contribution in [1.29, 1.82) is 0 Å². The number of amides is 2. The Kier molecular flexibility index (Phi) is 9.73. The van der Waals surface area contributed by atoms with Gasteiger partial charge in [-0.1, -0.05) is 25.1 Å². The third-order valence-electron chi connectivity index (χ3n) is 7.94. The highest BCUT2D eigenvalue weighted by molar-refractivity contribution is 7.89. The molecule has 1 N–H and O–H groups in total. The molecule has 4 rings (SSSR count). The molecule has 2 aliphatic heterocycles. The largest absolute Gasteiger partial charge is 0.487 e. The number of aliphatic hydroxyl groups is 1. The molecule has 0 aromatic heterocycles. The van der Waals surface area contributed by atoms with Gasteiger partial charge in [-0.3, -0.25) is 9.59 Å². The number of aliphatic hydroxyl groups excluding tert-OH is 1. The smallest absolute Gasteiger partial charge is 0.253 e. The van der Waals surface area contributed by atoms with Gasteiger partial charge in [-0.25, -0.2) is 8.42 Å². The summed E-state index contributed by atoms with van der Waals surface area (Å²) in [6.07, 6.45) is 0.854. The summed E-state index contributed by atoms with van der Waals surface area (Å²) in [4.78, 5) is 28.7. The number of carbonyl (C=O) groups excluding carboxylic acids is 2. The van der Waals surface area contributed by atoms with Crippen LogP contribution < -0.4 is 4.74 Å². The van der Waals surface area contributed by atoms with Crippen LogP contribution in [0.25, 0.3) is 11.1 Å². The standard InChI is InChI=1S/C30H41N3O7S/c1-20-17-33(21(2)19-34)41(37,38)28-11-10-25(22-6-8-23(9-7-22)29(35)31(3)4)16-26(28)40-27(20)18-32(5)30(36)24-12-14-39-15-13-24/h6-11,16,20-21,24,27,34H,12-15,17-19H2,1-5H3/t20-,21+,27-/m0/s1. The van der Waals surface area contributed by atoms with Gasteiger partial charge in [0.25, 0.3) is 5.91 Å². The summed E-state index contributed by atoms with van der Waals surface area (Å²) in [6.45, 7) is 4.79. The predicted octanol–water partition coefficient (Wildman–Crippen LogP) is 2.71. The normalized spacial score (nSPS) is 22.0. The van der Waals surface area contributed by atoms with E-state index in [4.69, 9.17) is 9.47 Å². The van der Waals surface area contributed by atoms with E-state index in [0.29, 0.717) is 31.6 Å². The molecular formula is C30H41N3O7S. The van der Waals surface area contributed by atoms with E-state index in [-0.39, 0.29) is 54.0 Å². The number of benzene rings is 2. The van der Waals surface area contributed by atoms with Gasteiger partial charge in [0.2, 0.25) is 15.9 Å². The monoisotopic (exact) mass is 587 g/mol. The third kappa shape index (κ3) is 6.74. The molecule has 1 saturated heterocycles. The highest BCUT2D eigenvalue weighted by atomic mass is 32.2. The van der Waals surface area contributed by atoms with E-state index >= 15 is 0 Å². The molecule has 0 spiro atoms. The average Bonchev–Trinajstić information content (AvgIpc) is 2.97. The zero-order valence-corrected chi connectivity index (χ0v) is 25.3. The summed E-state index contributed by atoms with van der Waals surface area (Å²) >= 11 is 0. The Morgan fingerprint density at radius 2 is 1.68 bits per heavy atom. The number of nitrogens with zero attached hydrogens (tertiary/aromatic N) is 3. The molecule has 2 amide bonds. The summed E-state index contributed by atoms with van der Waals surface area (Å²) in [7, 11) is 1.14. The summed E-state index contributed by atoms with van der Waals surface area (Å²) in [5.74, 6) is -0.282. The maximum absolute atomic E-state index is 13.8. The molecule has 10 nitrogen and oxygen atoms in total. The lowest BCUT2D eigenvalue weighted by Gasteiger charge is -2.38. The van der Waals surface area contributed by atoms with Crippen LogP contribution in [0.5, 0.6) is 5.75 Å². The molecule has 3 atom stereocenters. The van der Waals surface area contributed by atoms with Crippen LogP contribution >= 0.6 is 0 Å². The Morgan fingerprint density at radius 3 is 2.29 bits per heavy atom. The van der Waals surface area contributed by atoms with E-state index in [0.717, 1.165) is 11.1 Å². The van der Waals surface area contributed by atoms with E-state index in [1.807, 2.05) is 19.1 Å². The van der Waals surface area contributed by atoms with Crippen molar-refractivity contribution in [3.05, 3.63) is 48.0 Å². The fourth-order valence-corrected chi connectivity index (χ4v) is 7.13. The minimum absolute atomic E-state index is 0.0104. The number of hydrogen-bond donors (Lipinski definition) is 1. The maximum Gasteiger partial charge on any atom is 0.253 e. The number of sulfonamides is 1. The number of likely N-dealkylation sites (N-methyl/N-ethyl adjacent to an activating group) is 1. The van der Waals surface area contributed by atoms with E-state index in [9.17, 15) is 23.1 Å². The van der Waals surface area contributed by atoms with Crippen molar-refractivity contribution >= 4 is 21.8 Å². The van der Waals surface area contributed by atoms with E-state index < -0.39 is 22.2 Å². The third-order valence-corrected chi connectivity index (χ3v) is 9.96. The van der Waals surface area contributed by atoms with Gasteiger partial charge >= 0.3 is 0 Å². The quantitative estimate of drug-likeness (QED) is 0.530. The van der Waals surface area contributed by atoms with Gasteiger partial charge in [0.15, 0.2) is 0 Å². The van der Waals surface area contributed by atoms with Gasteiger partial charge in [0, 0.05) is 64.3 Å². The van der Waals surface area contributed by atoms with Crippen molar-refractivity contribution in [3.8, 4) is 16.9 Å². The molecule has 41 heavy (non-hydrogen) atoms. The van der Waals surface area contributed by atoms with Crippen LogP contribution in [0, 0.1) is 11.8 Å². The van der Waals surface area contributed by atoms with Crippen LogP contribution in [-0.2, 0) is 19.6 Å². The van der Waals surface area contributed by atoms with Gasteiger partial charge in [-0.15, -0.1) is 0 Å². The molecule has 0 saturated carbocycles. The Bertz CT molecular complexity index is 1340. The Balaban J connectivity index is 1.70. The molecular weight excluding hydrogens is 546 g/mol. The molecule has 2 aromatic carbocycles. The Labute approximate surface area is 242 Å². The zero-order chi connectivity index (χ0) is 29.9. The highest BCUT2D eigenvalue weighted by Gasteiger charge is 2.39. The number of hydrogen-bond acceptors (Lipinski definition) is 7. The number of carbonyl (C=O) groups is 2. The molecule has 0 aliphatic carbocycles. The molecule has 0 radical (unpaired) electrons. The van der Waals surface area contributed by atoms with Crippen molar-refractivity contribution in [3.63, 3.8) is 0 Å². The first-order chi connectivity index (χ1) is 19.4. The predicted molar refractivity (Wildman–Crippen MR) is 155 cm³/mol. The van der Waals surface area contributed by atoms with Gasteiger partial charge in [0.05, 0.1) is 13.2 Å². The lowest BCUT2D eigenvalue weighted by molar-refractivity contribution is -0.138. The lowest BCUT2D eigenvalue weighted by atomic mass is 9.97. The van der Waals surface area contributed by atoms with Crippen LogP contribution in [0.4, 0.5) is 0 Å². The van der Waals surface area contributed by atoms with Crippen LogP contribution in [0.2, 0.25) is 0 Å². The number of ether oxygens (including phenoxy) is 2. The first kappa shape index (κ1) is 31.0. The SMILES string of the molecule is C[C@H](CO)N1C[C@H](C)[C@H](CN(C)C(=O)C2CCOCC2)Oc2cc(-c3ccc(C(=O)N(C)C)cc3)ccc2S1(=O)=O. The summed E-state index contributed by atoms with van der Waals surface area (Å²) in [6, 6.07) is 11.4. The van der Waals surface area contributed by atoms with Crippen LogP contribution in [-0.4, -0.2) is 106 Å². The fraction of sp³-hybridized carbons (Fsp3) is 0.533. The zero-order valence-electron chi connectivity index (χ0n) is 24.4. The van der Waals surface area contributed by atoms with Crippen LogP contribution in [0.15, 0.2) is 47.4 Å². The number of rotatable bonds is 7. The second kappa shape index (κ2) is 12.9. The van der Waals surface area contributed by atoms with Crippen LogP contribution in [0.1, 0.15) is 37.0 Å². The van der Waals surface area contributed by atoms with Crippen LogP contribution in [0.3, 0.4) is 0 Å². The van der Waals surface area contributed by atoms with Gasteiger partial charge in [-0.05, 0) is 55.2 Å².